The predicted molar refractivity (Wildman–Crippen MR) is 55.1 cm³/mol. The van der Waals surface area contributed by atoms with Crippen molar-refractivity contribution in [3.8, 4) is 0 Å². The molecule has 0 spiro atoms. The van der Waals surface area contributed by atoms with Crippen molar-refractivity contribution in [3.63, 3.8) is 0 Å². The van der Waals surface area contributed by atoms with E-state index in [1.165, 1.54) is 25.7 Å². The molecule has 1 atom stereocenters. The third-order valence-electron chi connectivity index (χ3n) is 3.49. The molecule has 0 bridgehead atoms. The highest BCUT2D eigenvalue weighted by atomic mass is 16.6. The summed E-state index contributed by atoms with van der Waals surface area (Å²) >= 11 is 0. The average molecular weight is 185 g/mol. The Hall–Kier alpha value is -0.0800. The molecule has 2 heteroatoms. The van der Waals surface area contributed by atoms with E-state index in [9.17, 15) is 0 Å². The van der Waals surface area contributed by atoms with Gasteiger partial charge in [0, 0.05) is 0 Å². The number of hydrogen-bond acceptors (Lipinski definition) is 2. The van der Waals surface area contributed by atoms with Crippen LogP contribution in [0.1, 0.15) is 53.4 Å². The van der Waals surface area contributed by atoms with Crippen molar-refractivity contribution < 1.29 is 4.84 Å². The van der Waals surface area contributed by atoms with Crippen LogP contribution in [-0.2, 0) is 4.84 Å². The van der Waals surface area contributed by atoms with Crippen molar-refractivity contribution in [1.82, 2.24) is 0 Å². The van der Waals surface area contributed by atoms with Gasteiger partial charge < -0.3 is 0 Å². The molecule has 13 heavy (non-hydrogen) atoms. The summed E-state index contributed by atoms with van der Waals surface area (Å²) in [7, 11) is 0. The van der Waals surface area contributed by atoms with Gasteiger partial charge in [-0.25, -0.2) is 5.90 Å². The van der Waals surface area contributed by atoms with E-state index >= 15 is 0 Å². The van der Waals surface area contributed by atoms with Crippen LogP contribution in [0.25, 0.3) is 0 Å². The number of nitrogens with two attached hydrogens (primary N) is 1. The van der Waals surface area contributed by atoms with Crippen LogP contribution in [0.2, 0.25) is 0 Å². The van der Waals surface area contributed by atoms with E-state index < -0.39 is 0 Å². The molecule has 1 rings (SSSR count). The van der Waals surface area contributed by atoms with Crippen LogP contribution >= 0.6 is 0 Å². The van der Waals surface area contributed by atoms with Crippen LogP contribution in [0, 0.1) is 11.3 Å². The highest BCUT2D eigenvalue weighted by Crippen LogP contribution is 2.43. The van der Waals surface area contributed by atoms with Crippen molar-refractivity contribution >= 4 is 0 Å². The third-order valence-corrected chi connectivity index (χ3v) is 3.49. The Morgan fingerprint density at radius 3 is 2.46 bits per heavy atom. The number of hydrogen-bond donors (Lipinski definition) is 1. The van der Waals surface area contributed by atoms with Crippen molar-refractivity contribution in [3.05, 3.63) is 0 Å². The lowest BCUT2D eigenvalue weighted by molar-refractivity contribution is -0.0855. The van der Waals surface area contributed by atoms with Crippen LogP contribution in [0.4, 0.5) is 0 Å². The van der Waals surface area contributed by atoms with Gasteiger partial charge in [0.25, 0.3) is 0 Å². The molecule has 1 aliphatic carbocycles. The van der Waals surface area contributed by atoms with Gasteiger partial charge in [0.2, 0.25) is 0 Å². The summed E-state index contributed by atoms with van der Waals surface area (Å²) in [6.07, 6.45) is 5.14. The monoisotopic (exact) mass is 185 g/mol. The summed E-state index contributed by atoms with van der Waals surface area (Å²) in [5.41, 5.74) is 0.316. The molecule has 0 aliphatic heterocycles. The van der Waals surface area contributed by atoms with Gasteiger partial charge in [0.1, 0.15) is 0 Å². The summed E-state index contributed by atoms with van der Waals surface area (Å²) in [6, 6.07) is 0. The van der Waals surface area contributed by atoms with E-state index in [2.05, 4.69) is 27.7 Å². The maximum absolute atomic E-state index is 5.33. The van der Waals surface area contributed by atoms with Gasteiger partial charge in [-0.05, 0) is 44.4 Å². The minimum Gasteiger partial charge on any atom is -0.298 e. The van der Waals surface area contributed by atoms with E-state index in [4.69, 9.17) is 10.7 Å². The molecule has 1 aliphatic rings. The van der Waals surface area contributed by atoms with E-state index in [0.717, 1.165) is 0 Å². The molecule has 1 unspecified atom stereocenters. The zero-order chi connectivity index (χ0) is 10.1. The first-order valence-electron chi connectivity index (χ1n) is 5.25. The Morgan fingerprint density at radius 1 is 1.38 bits per heavy atom. The third kappa shape index (κ3) is 2.68. The topological polar surface area (TPSA) is 35.2 Å². The second-order valence-corrected chi connectivity index (χ2v) is 5.68. The van der Waals surface area contributed by atoms with Crippen LogP contribution in [0.5, 0.6) is 0 Å². The summed E-state index contributed by atoms with van der Waals surface area (Å²) in [4.78, 5) is 5.07. The van der Waals surface area contributed by atoms with Gasteiger partial charge in [-0.15, -0.1) is 0 Å². The summed E-state index contributed by atoms with van der Waals surface area (Å²) in [5, 5.41) is 0. The zero-order valence-corrected chi connectivity index (χ0v) is 9.39. The lowest BCUT2D eigenvalue weighted by Crippen LogP contribution is -2.41. The van der Waals surface area contributed by atoms with Crippen LogP contribution in [-0.4, -0.2) is 5.60 Å². The molecule has 0 radical (unpaired) electrons. The number of rotatable bonds is 2. The highest BCUT2D eigenvalue weighted by molar-refractivity contribution is 4.87. The minimum atomic E-state index is -0.155. The van der Waals surface area contributed by atoms with Crippen LogP contribution in [0.3, 0.4) is 0 Å². The molecule has 2 N–H and O–H groups in total. The van der Waals surface area contributed by atoms with Gasteiger partial charge in [0.15, 0.2) is 0 Å². The zero-order valence-electron chi connectivity index (χ0n) is 9.39. The van der Waals surface area contributed by atoms with Gasteiger partial charge in [-0.1, -0.05) is 20.3 Å². The van der Waals surface area contributed by atoms with Gasteiger partial charge in [-0.2, -0.15) is 0 Å². The van der Waals surface area contributed by atoms with Gasteiger partial charge in [-0.3, -0.25) is 4.84 Å². The fourth-order valence-corrected chi connectivity index (χ4v) is 2.39. The van der Waals surface area contributed by atoms with E-state index in [1.807, 2.05) is 0 Å². The second-order valence-electron chi connectivity index (χ2n) is 5.68. The summed E-state index contributed by atoms with van der Waals surface area (Å²) in [5.74, 6) is 5.94. The molecule has 1 fully saturated rings. The largest absolute Gasteiger partial charge is 0.298 e. The van der Waals surface area contributed by atoms with Crippen molar-refractivity contribution in [2.24, 2.45) is 17.2 Å². The SMILES string of the molecule is CC1(C)CCCC(C(C)(C)ON)C1. The maximum Gasteiger partial charge on any atom is 0.0866 e. The molecular weight excluding hydrogens is 162 g/mol. The molecule has 0 amide bonds. The first kappa shape index (κ1) is 11.0. The molecule has 0 saturated heterocycles. The highest BCUT2D eigenvalue weighted by Gasteiger charge is 2.37. The first-order valence-corrected chi connectivity index (χ1v) is 5.25. The van der Waals surface area contributed by atoms with Crippen molar-refractivity contribution in [1.29, 1.82) is 0 Å². The molecule has 2 nitrogen and oxygen atoms in total. The second kappa shape index (κ2) is 3.58. The Kier molecular flexibility index (Phi) is 3.03. The molecule has 0 aromatic carbocycles. The van der Waals surface area contributed by atoms with E-state index in [1.54, 1.807) is 0 Å². The minimum absolute atomic E-state index is 0.155. The van der Waals surface area contributed by atoms with Gasteiger partial charge in [0.05, 0.1) is 5.60 Å². The lowest BCUT2D eigenvalue weighted by Gasteiger charge is -2.42. The Balaban J connectivity index is 2.61. The molecule has 0 aromatic rings. The molecule has 0 heterocycles. The Morgan fingerprint density at radius 2 is 2.00 bits per heavy atom. The standard InChI is InChI=1S/C11H23NO/c1-10(2)7-5-6-9(8-10)11(3,4)13-12/h9H,5-8,12H2,1-4H3. The maximum atomic E-state index is 5.33. The predicted octanol–water partition coefficient (Wildman–Crippen LogP) is 2.87. The molecular formula is C11H23NO. The fraction of sp³-hybridized carbons (Fsp3) is 1.00. The Bertz CT molecular complexity index is 175. The summed E-state index contributed by atoms with van der Waals surface area (Å²) in [6.45, 7) is 8.87. The van der Waals surface area contributed by atoms with Crippen LogP contribution < -0.4 is 5.90 Å². The molecule has 78 valence electrons. The molecule has 0 aromatic heterocycles. The summed E-state index contributed by atoms with van der Waals surface area (Å²) < 4.78 is 0. The van der Waals surface area contributed by atoms with Crippen molar-refractivity contribution in [2.45, 2.75) is 59.0 Å². The normalized spacial score (nSPS) is 28.8. The van der Waals surface area contributed by atoms with E-state index in [0.29, 0.717) is 11.3 Å². The quantitative estimate of drug-likeness (QED) is 0.671. The molecule has 1 saturated carbocycles. The smallest absolute Gasteiger partial charge is 0.0866 e. The van der Waals surface area contributed by atoms with Gasteiger partial charge >= 0.3 is 0 Å². The Labute approximate surface area is 81.8 Å². The fourth-order valence-electron chi connectivity index (χ4n) is 2.39. The van der Waals surface area contributed by atoms with Crippen molar-refractivity contribution in [2.75, 3.05) is 0 Å². The first-order chi connectivity index (χ1) is 5.87. The van der Waals surface area contributed by atoms with Crippen LogP contribution in [0.15, 0.2) is 0 Å². The van der Waals surface area contributed by atoms with E-state index in [-0.39, 0.29) is 5.60 Å². The lowest BCUT2D eigenvalue weighted by atomic mass is 9.67. The average Bonchev–Trinajstić information content (AvgIpc) is 2.03.